The van der Waals surface area contributed by atoms with E-state index in [1.165, 1.54) is 11.3 Å². The summed E-state index contributed by atoms with van der Waals surface area (Å²) in [5.41, 5.74) is 0.903. The highest BCUT2D eigenvalue weighted by molar-refractivity contribution is 7.12. The molecule has 0 atom stereocenters. The Kier molecular flexibility index (Phi) is 5.08. The number of ether oxygens (including phenoxy) is 1. The number of carbonyl (C=O) groups excluding carboxylic acids is 1. The lowest BCUT2D eigenvalue weighted by Gasteiger charge is -2.28. The Bertz CT molecular complexity index is 695. The van der Waals surface area contributed by atoms with Gasteiger partial charge in [0.2, 0.25) is 0 Å². The minimum Gasteiger partial charge on any atom is -0.495 e. The van der Waals surface area contributed by atoms with E-state index < -0.39 is 0 Å². The van der Waals surface area contributed by atoms with Gasteiger partial charge in [0, 0.05) is 13.0 Å². The molecule has 0 bridgehead atoms. The van der Waals surface area contributed by atoms with Crippen molar-refractivity contribution in [3.63, 3.8) is 0 Å². The molecule has 0 spiro atoms. The number of anilines is 1. The fourth-order valence-corrected chi connectivity index (χ4v) is 3.39. The van der Waals surface area contributed by atoms with E-state index in [1.54, 1.807) is 7.11 Å². The lowest BCUT2D eigenvalue weighted by molar-refractivity contribution is 0.101. The van der Waals surface area contributed by atoms with Gasteiger partial charge in [0.25, 0.3) is 0 Å². The molecular formula is C18H20N2O2S. The van der Waals surface area contributed by atoms with Crippen LogP contribution in [0.3, 0.4) is 0 Å². The van der Waals surface area contributed by atoms with Crippen LogP contribution in [0.5, 0.6) is 5.75 Å². The molecule has 0 unspecified atom stereocenters. The number of nitrogens with zero attached hydrogens (tertiary/aromatic N) is 2. The van der Waals surface area contributed by atoms with Gasteiger partial charge in [-0.2, -0.15) is 0 Å². The summed E-state index contributed by atoms with van der Waals surface area (Å²) in [4.78, 5) is 20.1. The fraction of sp³-hybridized carbons (Fsp3) is 0.333. The average Bonchev–Trinajstić information content (AvgIpc) is 3.15. The van der Waals surface area contributed by atoms with Gasteiger partial charge in [-0.15, -0.1) is 11.3 Å². The van der Waals surface area contributed by atoms with E-state index in [9.17, 15) is 4.79 Å². The predicted molar refractivity (Wildman–Crippen MR) is 95.1 cm³/mol. The van der Waals surface area contributed by atoms with Gasteiger partial charge >= 0.3 is 0 Å². The third-order valence-corrected chi connectivity index (χ3v) is 4.80. The molecule has 1 aromatic heterocycles. The molecule has 2 aromatic rings. The zero-order valence-electron chi connectivity index (χ0n) is 13.2. The molecule has 2 heterocycles. The molecule has 5 heteroatoms. The molecule has 0 saturated carbocycles. The minimum atomic E-state index is 0.110. The SMILES string of the molecule is COc1ccccc1N(CC(=O)c1cccs1)C1=NCCCC1. The summed E-state index contributed by atoms with van der Waals surface area (Å²) in [7, 11) is 1.65. The third-order valence-electron chi connectivity index (χ3n) is 3.89. The number of Topliss-reactive ketones (excluding diaryl/α,β-unsaturated/α-hetero) is 1. The summed E-state index contributed by atoms with van der Waals surface area (Å²) in [5, 5.41) is 1.93. The molecule has 0 radical (unpaired) electrons. The van der Waals surface area contributed by atoms with E-state index in [-0.39, 0.29) is 5.78 Å². The molecule has 0 fully saturated rings. The van der Waals surface area contributed by atoms with Gasteiger partial charge in [-0.3, -0.25) is 9.79 Å². The second-order valence-electron chi connectivity index (χ2n) is 5.41. The Labute approximate surface area is 140 Å². The van der Waals surface area contributed by atoms with Gasteiger partial charge in [-0.1, -0.05) is 18.2 Å². The second-order valence-corrected chi connectivity index (χ2v) is 6.36. The molecule has 23 heavy (non-hydrogen) atoms. The highest BCUT2D eigenvalue weighted by Gasteiger charge is 2.22. The first-order chi connectivity index (χ1) is 11.3. The smallest absolute Gasteiger partial charge is 0.192 e. The Hall–Kier alpha value is -2.14. The van der Waals surface area contributed by atoms with Crippen LogP contribution in [0.15, 0.2) is 46.8 Å². The van der Waals surface area contributed by atoms with Crippen LogP contribution in [-0.2, 0) is 0 Å². The molecule has 4 nitrogen and oxygen atoms in total. The number of hydrogen-bond donors (Lipinski definition) is 0. The maximum absolute atomic E-state index is 12.6. The highest BCUT2D eigenvalue weighted by Crippen LogP contribution is 2.30. The van der Waals surface area contributed by atoms with Crippen LogP contribution in [0.25, 0.3) is 0 Å². The van der Waals surface area contributed by atoms with E-state index in [2.05, 4.69) is 4.99 Å². The third kappa shape index (κ3) is 3.62. The number of thiophene rings is 1. The number of benzene rings is 1. The van der Waals surface area contributed by atoms with E-state index in [0.717, 1.165) is 48.0 Å². The lowest BCUT2D eigenvalue weighted by Crippen LogP contribution is -2.37. The molecule has 0 saturated heterocycles. The van der Waals surface area contributed by atoms with Crippen molar-refractivity contribution in [1.82, 2.24) is 0 Å². The summed E-state index contributed by atoms with van der Waals surface area (Å²) in [6, 6.07) is 11.6. The maximum atomic E-state index is 12.6. The van der Waals surface area contributed by atoms with E-state index in [4.69, 9.17) is 4.74 Å². The van der Waals surface area contributed by atoms with Crippen LogP contribution in [-0.4, -0.2) is 31.8 Å². The Morgan fingerprint density at radius 2 is 2.13 bits per heavy atom. The fourth-order valence-electron chi connectivity index (χ4n) is 2.73. The second kappa shape index (κ2) is 7.42. The lowest BCUT2D eigenvalue weighted by atomic mass is 10.1. The highest BCUT2D eigenvalue weighted by atomic mass is 32.1. The first-order valence-corrected chi connectivity index (χ1v) is 8.68. The standard InChI is InChI=1S/C18H20N2O2S/c1-22-16-8-3-2-7-14(16)20(18-10-4-5-11-19-18)13-15(21)17-9-6-12-23-17/h2-3,6-9,12H,4-5,10-11,13H2,1H3. The van der Waals surface area contributed by atoms with Crippen molar-refractivity contribution in [1.29, 1.82) is 0 Å². The zero-order chi connectivity index (χ0) is 16.1. The van der Waals surface area contributed by atoms with Crippen molar-refractivity contribution in [3.8, 4) is 5.75 Å². The zero-order valence-corrected chi connectivity index (χ0v) is 14.0. The predicted octanol–water partition coefficient (Wildman–Crippen LogP) is 4.03. The molecular weight excluding hydrogens is 308 g/mol. The van der Waals surface area contributed by atoms with Crippen LogP contribution in [0.1, 0.15) is 28.9 Å². The van der Waals surface area contributed by atoms with Crippen LogP contribution in [0, 0.1) is 0 Å². The van der Waals surface area contributed by atoms with Crippen molar-refractivity contribution in [2.24, 2.45) is 4.99 Å². The van der Waals surface area contributed by atoms with Crippen LogP contribution in [0.2, 0.25) is 0 Å². The Morgan fingerprint density at radius 3 is 2.83 bits per heavy atom. The summed E-state index contributed by atoms with van der Waals surface area (Å²) >= 11 is 1.48. The molecule has 0 aliphatic carbocycles. The van der Waals surface area contributed by atoms with Gasteiger partial charge in [-0.05, 0) is 36.4 Å². The normalized spacial score (nSPS) is 14.2. The number of amidine groups is 1. The van der Waals surface area contributed by atoms with Crippen molar-refractivity contribution >= 4 is 28.6 Å². The summed E-state index contributed by atoms with van der Waals surface area (Å²) < 4.78 is 5.48. The number of carbonyl (C=O) groups is 1. The Morgan fingerprint density at radius 1 is 1.26 bits per heavy atom. The van der Waals surface area contributed by atoms with Crippen LogP contribution >= 0.6 is 11.3 Å². The van der Waals surface area contributed by atoms with Gasteiger partial charge in [0.05, 0.1) is 24.2 Å². The molecule has 1 aliphatic heterocycles. The number of hydrogen-bond acceptors (Lipinski definition) is 5. The summed E-state index contributed by atoms with van der Waals surface area (Å²) in [6.45, 7) is 1.12. The van der Waals surface area contributed by atoms with Gasteiger partial charge < -0.3 is 9.64 Å². The molecule has 120 valence electrons. The number of para-hydroxylation sites is 2. The first kappa shape index (κ1) is 15.7. The summed E-state index contributed by atoms with van der Waals surface area (Å²) in [5.74, 6) is 1.85. The van der Waals surface area contributed by atoms with Gasteiger partial charge in [-0.25, -0.2) is 0 Å². The van der Waals surface area contributed by atoms with Crippen LogP contribution in [0.4, 0.5) is 5.69 Å². The first-order valence-electron chi connectivity index (χ1n) is 7.80. The van der Waals surface area contributed by atoms with Crippen molar-refractivity contribution < 1.29 is 9.53 Å². The minimum absolute atomic E-state index is 0.110. The maximum Gasteiger partial charge on any atom is 0.192 e. The molecule has 0 amide bonds. The Balaban J connectivity index is 1.93. The van der Waals surface area contributed by atoms with Gasteiger partial charge in [0.15, 0.2) is 5.78 Å². The monoisotopic (exact) mass is 328 g/mol. The van der Waals surface area contributed by atoms with E-state index in [1.807, 2.05) is 46.7 Å². The molecule has 1 aromatic carbocycles. The molecule has 3 rings (SSSR count). The van der Waals surface area contributed by atoms with E-state index in [0.29, 0.717) is 6.54 Å². The van der Waals surface area contributed by atoms with E-state index >= 15 is 0 Å². The van der Waals surface area contributed by atoms with Crippen molar-refractivity contribution in [2.45, 2.75) is 19.3 Å². The number of ketones is 1. The molecule has 1 aliphatic rings. The number of methoxy groups -OCH3 is 1. The number of aliphatic imine (C=N–C) groups is 1. The van der Waals surface area contributed by atoms with Crippen LogP contribution < -0.4 is 9.64 Å². The topological polar surface area (TPSA) is 41.9 Å². The van der Waals surface area contributed by atoms with Crippen molar-refractivity contribution in [2.75, 3.05) is 25.1 Å². The van der Waals surface area contributed by atoms with Crippen molar-refractivity contribution in [3.05, 3.63) is 46.7 Å². The summed E-state index contributed by atoms with van der Waals surface area (Å²) in [6.07, 6.45) is 3.12. The largest absolute Gasteiger partial charge is 0.495 e. The average molecular weight is 328 g/mol. The number of rotatable bonds is 5. The quantitative estimate of drug-likeness (QED) is 0.778. The van der Waals surface area contributed by atoms with Gasteiger partial charge in [0.1, 0.15) is 11.6 Å². The molecule has 0 N–H and O–H groups in total.